The van der Waals surface area contributed by atoms with E-state index in [-0.39, 0.29) is 17.5 Å². The van der Waals surface area contributed by atoms with Crippen molar-refractivity contribution in [3.63, 3.8) is 0 Å². The zero-order chi connectivity index (χ0) is 14.0. The Labute approximate surface area is 115 Å². The van der Waals surface area contributed by atoms with E-state index in [1.165, 1.54) is 0 Å². The fourth-order valence-electron chi connectivity index (χ4n) is 3.33. The van der Waals surface area contributed by atoms with Crippen molar-refractivity contribution in [2.75, 3.05) is 14.2 Å². The van der Waals surface area contributed by atoms with Gasteiger partial charge < -0.3 is 14.2 Å². The average molecular weight is 268 g/mol. The average Bonchev–Trinajstić information content (AvgIpc) is 2.99. The molecule has 2 aliphatic rings. The predicted octanol–water partition coefficient (Wildman–Crippen LogP) is 2.53. The van der Waals surface area contributed by atoms with E-state index < -0.39 is 6.29 Å². The van der Waals surface area contributed by atoms with Crippen LogP contribution in [0.3, 0.4) is 0 Å². The molecule has 2 rings (SSSR count). The summed E-state index contributed by atoms with van der Waals surface area (Å²) in [6.45, 7) is 3.98. The van der Waals surface area contributed by atoms with Crippen LogP contribution in [-0.2, 0) is 19.0 Å². The Morgan fingerprint density at radius 1 is 1.37 bits per heavy atom. The standard InChI is InChI=1S/C15H24O4/c1-5-12(13(17-3)18-4)19-14(16)15(2)9-10-6-7-11(15)8-10/h6-7,10-13H,5,8-9H2,1-4H3. The van der Waals surface area contributed by atoms with Crippen LogP contribution < -0.4 is 0 Å². The lowest BCUT2D eigenvalue weighted by molar-refractivity contribution is -0.200. The quantitative estimate of drug-likeness (QED) is 0.422. The molecule has 0 aliphatic heterocycles. The van der Waals surface area contributed by atoms with Crippen LogP contribution in [0, 0.1) is 17.3 Å². The van der Waals surface area contributed by atoms with Crippen LogP contribution in [0.4, 0.5) is 0 Å². The van der Waals surface area contributed by atoms with Gasteiger partial charge in [0, 0.05) is 14.2 Å². The number of rotatable bonds is 6. The maximum atomic E-state index is 12.5. The molecule has 0 saturated heterocycles. The number of esters is 1. The van der Waals surface area contributed by atoms with Crippen molar-refractivity contribution in [3.8, 4) is 0 Å². The van der Waals surface area contributed by atoms with E-state index in [4.69, 9.17) is 14.2 Å². The van der Waals surface area contributed by atoms with Gasteiger partial charge in [0.25, 0.3) is 0 Å². The van der Waals surface area contributed by atoms with Gasteiger partial charge in [-0.1, -0.05) is 19.1 Å². The molecule has 1 saturated carbocycles. The first-order valence-corrected chi connectivity index (χ1v) is 7.00. The Morgan fingerprint density at radius 2 is 2.05 bits per heavy atom. The molecule has 0 aromatic heterocycles. The van der Waals surface area contributed by atoms with Gasteiger partial charge in [0.1, 0.15) is 0 Å². The highest BCUT2D eigenvalue weighted by atomic mass is 16.7. The Bertz CT molecular complexity index is 361. The summed E-state index contributed by atoms with van der Waals surface area (Å²) in [6.07, 6.45) is 6.21. The van der Waals surface area contributed by atoms with Gasteiger partial charge >= 0.3 is 5.97 Å². The molecule has 2 bridgehead atoms. The molecule has 1 fully saturated rings. The lowest BCUT2D eigenvalue weighted by Gasteiger charge is -2.32. The first-order valence-electron chi connectivity index (χ1n) is 7.00. The van der Waals surface area contributed by atoms with E-state index >= 15 is 0 Å². The number of hydrogen-bond donors (Lipinski definition) is 0. The predicted molar refractivity (Wildman–Crippen MR) is 71.4 cm³/mol. The number of carbonyl (C=O) groups is 1. The smallest absolute Gasteiger partial charge is 0.312 e. The largest absolute Gasteiger partial charge is 0.457 e. The SMILES string of the molecule is CCC(OC(=O)C1(C)CC2C=CC1C2)C(OC)OC. The molecule has 4 atom stereocenters. The number of fused-ring (bicyclic) bond motifs is 2. The molecule has 0 aromatic rings. The highest BCUT2D eigenvalue weighted by molar-refractivity contribution is 5.78. The Morgan fingerprint density at radius 3 is 2.47 bits per heavy atom. The number of carbonyl (C=O) groups excluding carboxylic acids is 1. The third-order valence-electron chi connectivity index (χ3n) is 4.57. The van der Waals surface area contributed by atoms with Crippen LogP contribution >= 0.6 is 0 Å². The Hall–Kier alpha value is -0.870. The molecular weight excluding hydrogens is 244 g/mol. The second-order valence-electron chi connectivity index (χ2n) is 5.80. The summed E-state index contributed by atoms with van der Waals surface area (Å²) in [5.41, 5.74) is -0.376. The molecule has 4 unspecified atom stereocenters. The first-order chi connectivity index (χ1) is 9.05. The first kappa shape index (κ1) is 14.5. The highest BCUT2D eigenvalue weighted by Crippen LogP contribution is 2.52. The summed E-state index contributed by atoms with van der Waals surface area (Å²) in [6, 6.07) is 0. The molecule has 0 amide bonds. The Balaban J connectivity index is 2.02. The molecule has 19 heavy (non-hydrogen) atoms. The second-order valence-corrected chi connectivity index (χ2v) is 5.80. The van der Waals surface area contributed by atoms with Gasteiger partial charge in [-0.2, -0.15) is 0 Å². The van der Waals surface area contributed by atoms with E-state index in [2.05, 4.69) is 12.2 Å². The molecular formula is C15H24O4. The van der Waals surface area contributed by atoms with Crippen molar-refractivity contribution in [2.24, 2.45) is 17.3 Å². The highest BCUT2D eigenvalue weighted by Gasteiger charge is 2.51. The molecule has 108 valence electrons. The lowest BCUT2D eigenvalue weighted by atomic mass is 9.77. The molecule has 0 heterocycles. The van der Waals surface area contributed by atoms with Gasteiger partial charge in [0.15, 0.2) is 12.4 Å². The van der Waals surface area contributed by atoms with Crippen molar-refractivity contribution in [2.45, 2.75) is 45.5 Å². The summed E-state index contributed by atoms with van der Waals surface area (Å²) in [5, 5.41) is 0. The maximum Gasteiger partial charge on any atom is 0.312 e. The summed E-state index contributed by atoms with van der Waals surface area (Å²) < 4.78 is 16.1. The fourth-order valence-corrected chi connectivity index (χ4v) is 3.33. The number of methoxy groups -OCH3 is 2. The molecule has 0 spiro atoms. The van der Waals surface area contributed by atoms with Gasteiger partial charge in [-0.15, -0.1) is 0 Å². The minimum atomic E-state index is -0.494. The zero-order valence-corrected chi connectivity index (χ0v) is 12.2. The third kappa shape index (κ3) is 2.56. The van der Waals surface area contributed by atoms with E-state index in [1.807, 2.05) is 13.8 Å². The summed E-state index contributed by atoms with van der Waals surface area (Å²) in [7, 11) is 3.12. The van der Waals surface area contributed by atoms with Gasteiger partial charge in [-0.25, -0.2) is 0 Å². The summed E-state index contributed by atoms with van der Waals surface area (Å²) in [5.74, 6) is 0.754. The van der Waals surface area contributed by atoms with Crippen molar-refractivity contribution in [3.05, 3.63) is 12.2 Å². The molecule has 4 nitrogen and oxygen atoms in total. The van der Waals surface area contributed by atoms with E-state index in [1.54, 1.807) is 14.2 Å². The van der Waals surface area contributed by atoms with Crippen molar-refractivity contribution in [1.82, 2.24) is 0 Å². The minimum absolute atomic E-state index is 0.115. The normalized spacial score (nSPS) is 33.9. The third-order valence-corrected chi connectivity index (χ3v) is 4.57. The maximum absolute atomic E-state index is 12.5. The summed E-state index contributed by atoms with van der Waals surface area (Å²) >= 11 is 0. The van der Waals surface area contributed by atoms with Crippen molar-refractivity contribution < 1.29 is 19.0 Å². The molecule has 0 aromatic carbocycles. The van der Waals surface area contributed by atoms with E-state index in [0.717, 1.165) is 12.8 Å². The van der Waals surface area contributed by atoms with Crippen LogP contribution in [0.5, 0.6) is 0 Å². The fraction of sp³-hybridized carbons (Fsp3) is 0.800. The van der Waals surface area contributed by atoms with Crippen LogP contribution in [0.2, 0.25) is 0 Å². The van der Waals surface area contributed by atoms with Gasteiger partial charge in [0.2, 0.25) is 0 Å². The number of allylic oxidation sites excluding steroid dienone is 2. The van der Waals surface area contributed by atoms with Gasteiger partial charge in [-0.3, -0.25) is 4.79 Å². The minimum Gasteiger partial charge on any atom is -0.457 e. The monoisotopic (exact) mass is 268 g/mol. The van der Waals surface area contributed by atoms with Crippen LogP contribution in [0.25, 0.3) is 0 Å². The Kier molecular flexibility index (Phi) is 4.31. The van der Waals surface area contributed by atoms with Crippen LogP contribution in [0.1, 0.15) is 33.1 Å². The van der Waals surface area contributed by atoms with Gasteiger partial charge in [0.05, 0.1) is 5.41 Å². The van der Waals surface area contributed by atoms with E-state index in [0.29, 0.717) is 18.3 Å². The molecule has 2 aliphatic carbocycles. The number of ether oxygens (including phenoxy) is 3. The van der Waals surface area contributed by atoms with E-state index in [9.17, 15) is 4.79 Å². The van der Waals surface area contributed by atoms with Gasteiger partial charge in [-0.05, 0) is 38.0 Å². The topological polar surface area (TPSA) is 44.8 Å². The second kappa shape index (κ2) is 5.63. The zero-order valence-electron chi connectivity index (χ0n) is 12.2. The van der Waals surface area contributed by atoms with Crippen LogP contribution in [0.15, 0.2) is 12.2 Å². The molecule has 0 radical (unpaired) electrons. The van der Waals surface area contributed by atoms with Crippen molar-refractivity contribution in [1.29, 1.82) is 0 Å². The lowest BCUT2D eigenvalue weighted by Crippen LogP contribution is -2.40. The molecule has 0 N–H and O–H groups in total. The number of hydrogen-bond acceptors (Lipinski definition) is 4. The van der Waals surface area contributed by atoms with Crippen LogP contribution in [-0.4, -0.2) is 32.6 Å². The summed E-state index contributed by atoms with van der Waals surface area (Å²) in [4.78, 5) is 12.5. The molecule has 4 heteroatoms. The van der Waals surface area contributed by atoms with Crippen molar-refractivity contribution >= 4 is 5.97 Å².